The molecular weight excluding hydrogens is 222 g/mol. The van der Waals surface area contributed by atoms with Gasteiger partial charge in [0.2, 0.25) is 0 Å². The fourth-order valence-electron chi connectivity index (χ4n) is 1.90. The molecule has 1 aromatic rings. The summed E-state index contributed by atoms with van der Waals surface area (Å²) in [4.78, 5) is 6.58. The van der Waals surface area contributed by atoms with E-state index in [9.17, 15) is 0 Å². The maximum atomic E-state index is 5.87. The highest BCUT2D eigenvalue weighted by Crippen LogP contribution is 2.31. The Kier molecular flexibility index (Phi) is 3.81. The van der Waals surface area contributed by atoms with Gasteiger partial charge in [-0.2, -0.15) is 0 Å². The Labute approximate surface area is 103 Å². The first-order chi connectivity index (χ1) is 7.12. The minimum atomic E-state index is -0.155. The van der Waals surface area contributed by atoms with Gasteiger partial charge in [-0.1, -0.05) is 30.3 Å². The van der Waals surface area contributed by atoms with Crippen molar-refractivity contribution >= 4 is 18.4 Å². The average Bonchev–Trinajstić information content (AvgIpc) is 2.26. The van der Waals surface area contributed by atoms with E-state index in [2.05, 4.69) is 24.0 Å². The summed E-state index contributed by atoms with van der Waals surface area (Å²) >= 11 is 0. The van der Waals surface area contributed by atoms with E-state index in [-0.39, 0.29) is 17.9 Å². The van der Waals surface area contributed by atoms with Crippen molar-refractivity contribution in [1.29, 1.82) is 0 Å². The smallest absolute Gasteiger partial charge is 0.191 e. The van der Waals surface area contributed by atoms with Crippen LogP contribution in [-0.2, 0) is 5.54 Å². The molecule has 1 aromatic carbocycles. The second-order valence-corrected chi connectivity index (χ2v) is 4.28. The number of aliphatic imine (C=N–C) groups is 1. The van der Waals surface area contributed by atoms with Gasteiger partial charge in [0, 0.05) is 13.6 Å². The van der Waals surface area contributed by atoms with Crippen molar-refractivity contribution in [3.8, 4) is 0 Å². The van der Waals surface area contributed by atoms with E-state index >= 15 is 0 Å². The van der Waals surface area contributed by atoms with Crippen LogP contribution in [0.5, 0.6) is 0 Å². The van der Waals surface area contributed by atoms with Crippen molar-refractivity contribution < 1.29 is 0 Å². The second-order valence-electron chi connectivity index (χ2n) is 4.28. The molecule has 1 unspecified atom stereocenters. The van der Waals surface area contributed by atoms with Gasteiger partial charge in [-0.25, -0.2) is 4.99 Å². The molecule has 4 heteroatoms. The molecule has 0 aromatic heterocycles. The van der Waals surface area contributed by atoms with Crippen LogP contribution in [0.2, 0.25) is 0 Å². The number of rotatable bonds is 1. The van der Waals surface area contributed by atoms with Crippen molar-refractivity contribution in [1.82, 2.24) is 4.90 Å². The Morgan fingerprint density at radius 2 is 1.94 bits per heavy atom. The number of hydrogen-bond acceptors (Lipinski definition) is 3. The third-order valence-corrected chi connectivity index (χ3v) is 3.08. The van der Waals surface area contributed by atoms with Gasteiger partial charge in [0.05, 0.1) is 5.54 Å². The molecule has 2 N–H and O–H groups in total. The Balaban J connectivity index is 0.00000128. The van der Waals surface area contributed by atoms with Crippen LogP contribution in [0.25, 0.3) is 0 Å². The Bertz CT molecular complexity index is 377. The molecule has 0 saturated carbocycles. The lowest BCUT2D eigenvalue weighted by atomic mass is 9.88. The largest absolute Gasteiger partial charge is 0.370 e. The normalized spacial score (nSPS) is 24.6. The predicted octanol–water partition coefficient (Wildman–Crippen LogP) is 1.97. The molecule has 88 valence electrons. The van der Waals surface area contributed by atoms with Crippen LogP contribution in [0, 0.1) is 0 Å². The lowest BCUT2D eigenvalue weighted by molar-refractivity contribution is 0.339. The summed E-state index contributed by atoms with van der Waals surface area (Å²) in [6.45, 7) is 3.10. The maximum absolute atomic E-state index is 5.87. The van der Waals surface area contributed by atoms with Gasteiger partial charge in [0.15, 0.2) is 5.96 Å². The van der Waals surface area contributed by atoms with E-state index in [1.165, 1.54) is 5.56 Å². The van der Waals surface area contributed by atoms with E-state index in [0.29, 0.717) is 5.96 Å². The minimum absolute atomic E-state index is 0. The van der Waals surface area contributed by atoms with Crippen molar-refractivity contribution in [3.05, 3.63) is 35.9 Å². The average molecular weight is 240 g/mol. The molecule has 1 heterocycles. The van der Waals surface area contributed by atoms with Gasteiger partial charge < -0.3 is 10.6 Å². The minimum Gasteiger partial charge on any atom is -0.370 e. The van der Waals surface area contributed by atoms with Gasteiger partial charge in [-0.15, -0.1) is 12.4 Å². The monoisotopic (exact) mass is 239 g/mol. The van der Waals surface area contributed by atoms with Crippen LogP contribution >= 0.6 is 12.4 Å². The van der Waals surface area contributed by atoms with Gasteiger partial charge >= 0.3 is 0 Å². The van der Waals surface area contributed by atoms with Crippen molar-refractivity contribution in [2.45, 2.75) is 18.9 Å². The molecule has 1 aliphatic heterocycles. The third-order valence-electron chi connectivity index (χ3n) is 3.08. The molecule has 0 aliphatic carbocycles. The molecule has 2 rings (SSSR count). The van der Waals surface area contributed by atoms with E-state index in [0.717, 1.165) is 13.0 Å². The SMILES string of the molecule is CN1CCC(C)(c2ccccc2)N=C1N.Cl. The highest BCUT2D eigenvalue weighted by atomic mass is 35.5. The van der Waals surface area contributed by atoms with E-state index < -0.39 is 0 Å². The zero-order valence-corrected chi connectivity index (χ0v) is 10.5. The van der Waals surface area contributed by atoms with Gasteiger partial charge in [0.25, 0.3) is 0 Å². The molecular formula is C12H18ClN3. The summed E-state index contributed by atoms with van der Waals surface area (Å²) in [6.07, 6.45) is 1.01. The first kappa shape index (κ1) is 12.8. The molecule has 1 atom stereocenters. The fourth-order valence-corrected chi connectivity index (χ4v) is 1.90. The number of halogens is 1. The van der Waals surface area contributed by atoms with Crippen molar-refractivity contribution in [2.75, 3.05) is 13.6 Å². The van der Waals surface area contributed by atoms with E-state index in [4.69, 9.17) is 5.73 Å². The molecule has 3 nitrogen and oxygen atoms in total. The van der Waals surface area contributed by atoms with Gasteiger partial charge in [-0.3, -0.25) is 0 Å². The first-order valence-electron chi connectivity index (χ1n) is 5.24. The van der Waals surface area contributed by atoms with Gasteiger partial charge in [0.1, 0.15) is 0 Å². The number of guanidine groups is 1. The molecule has 0 radical (unpaired) electrons. The zero-order chi connectivity index (χ0) is 10.9. The fraction of sp³-hybridized carbons (Fsp3) is 0.417. The summed E-state index contributed by atoms with van der Waals surface area (Å²) in [5.74, 6) is 0.632. The van der Waals surface area contributed by atoms with Crippen LogP contribution < -0.4 is 5.73 Å². The highest BCUT2D eigenvalue weighted by Gasteiger charge is 2.30. The maximum Gasteiger partial charge on any atom is 0.191 e. The summed E-state index contributed by atoms with van der Waals surface area (Å²) in [6, 6.07) is 10.3. The Hall–Kier alpha value is -1.22. The molecule has 0 bridgehead atoms. The summed E-state index contributed by atoms with van der Waals surface area (Å²) < 4.78 is 0. The zero-order valence-electron chi connectivity index (χ0n) is 9.68. The summed E-state index contributed by atoms with van der Waals surface area (Å²) in [7, 11) is 1.98. The predicted molar refractivity (Wildman–Crippen MR) is 69.9 cm³/mol. The first-order valence-corrected chi connectivity index (χ1v) is 5.24. The van der Waals surface area contributed by atoms with Crippen molar-refractivity contribution in [2.24, 2.45) is 10.7 Å². The van der Waals surface area contributed by atoms with Crippen LogP contribution in [0.1, 0.15) is 18.9 Å². The van der Waals surface area contributed by atoms with Crippen molar-refractivity contribution in [3.63, 3.8) is 0 Å². The lowest BCUT2D eigenvalue weighted by Gasteiger charge is -2.35. The third kappa shape index (κ3) is 2.30. The van der Waals surface area contributed by atoms with E-state index in [1.807, 2.05) is 30.1 Å². The molecule has 0 spiro atoms. The lowest BCUT2D eigenvalue weighted by Crippen LogP contribution is -2.43. The van der Waals surface area contributed by atoms with Crippen LogP contribution in [0.15, 0.2) is 35.3 Å². The van der Waals surface area contributed by atoms with Crippen LogP contribution in [0.4, 0.5) is 0 Å². The Morgan fingerprint density at radius 1 is 1.31 bits per heavy atom. The quantitative estimate of drug-likeness (QED) is 0.814. The number of hydrogen-bond donors (Lipinski definition) is 1. The number of nitrogens with zero attached hydrogens (tertiary/aromatic N) is 2. The molecule has 1 aliphatic rings. The second kappa shape index (κ2) is 4.74. The molecule has 0 saturated heterocycles. The standard InChI is InChI=1S/C12H17N3.ClH/c1-12(10-6-4-3-5-7-10)8-9-15(2)11(13)14-12;/h3-7H,8-9H2,1-2H3,(H2,13,14);1H. The van der Waals surface area contributed by atoms with E-state index in [1.54, 1.807) is 0 Å². The highest BCUT2D eigenvalue weighted by molar-refractivity contribution is 5.85. The summed E-state index contributed by atoms with van der Waals surface area (Å²) in [5.41, 5.74) is 6.95. The topological polar surface area (TPSA) is 41.6 Å². The van der Waals surface area contributed by atoms with Gasteiger partial charge in [-0.05, 0) is 18.9 Å². The summed E-state index contributed by atoms with van der Waals surface area (Å²) in [5, 5.41) is 0. The number of nitrogens with two attached hydrogens (primary N) is 1. The van der Waals surface area contributed by atoms with Crippen LogP contribution in [-0.4, -0.2) is 24.5 Å². The molecule has 16 heavy (non-hydrogen) atoms. The molecule has 0 amide bonds. The Morgan fingerprint density at radius 3 is 2.50 bits per heavy atom. The molecule has 0 fully saturated rings. The van der Waals surface area contributed by atoms with Crippen LogP contribution in [0.3, 0.4) is 0 Å². The number of benzene rings is 1.